The number of alkyl halides is 1. The van der Waals surface area contributed by atoms with Crippen LogP contribution in [0.2, 0.25) is 0 Å². The number of fused-ring (bicyclic) bond motifs is 3. The first-order valence-corrected chi connectivity index (χ1v) is 10.5. The molecule has 1 saturated heterocycles. The molecule has 2 heterocycles. The number of hydrogen-bond donors (Lipinski definition) is 0. The largest absolute Gasteiger partial charge is 0.346 e. The van der Waals surface area contributed by atoms with Gasteiger partial charge in [0.2, 0.25) is 0 Å². The van der Waals surface area contributed by atoms with E-state index in [1.165, 1.54) is 16.8 Å². The van der Waals surface area contributed by atoms with Crippen LogP contribution in [0.4, 0.5) is 5.69 Å². The Hall–Kier alpha value is -2.59. The molecule has 1 amide bonds. The van der Waals surface area contributed by atoms with Crippen LogP contribution in [0.5, 0.6) is 0 Å². The third-order valence-corrected chi connectivity index (χ3v) is 6.66. The topological polar surface area (TPSA) is 23.6 Å². The lowest BCUT2D eigenvalue weighted by Crippen LogP contribution is -2.46. The molecule has 3 atom stereocenters. The van der Waals surface area contributed by atoms with Crippen LogP contribution >= 0.6 is 15.9 Å². The Morgan fingerprint density at radius 2 is 1.54 bits per heavy atom. The highest BCUT2D eigenvalue weighted by molar-refractivity contribution is 9.09. The minimum atomic E-state index is 0.0229. The highest BCUT2D eigenvalue weighted by Gasteiger charge is 2.51. The van der Waals surface area contributed by atoms with Gasteiger partial charge >= 0.3 is 0 Å². The molecule has 3 aromatic rings. The lowest BCUT2D eigenvalue weighted by Gasteiger charge is -2.34. The SMILES string of the molecule is O=C(c1ccccc1)N1CC(Br)C2c3ccccc3N(Cc3ccccc3)C21. The summed E-state index contributed by atoms with van der Waals surface area (Å²) in [6.45, 7) is 1.50. The van der Waals surface area contributed by atoms with Gasteiger partial charge in [-0.15, -0.1) is 0 Å². The van der Waals surface area contributed by atoms with Gasteiger partial charge in [0.25, 0.3) is 5.91 Å². The van der Waals surface area contributed by atoms with Crippen molar-refractivity contribution in [2.24, 2.45) is 0 Å². The smallest absolute Gasteiger partial charge is 0.255 e. The number of benzene rings is 3. The Morgan fingerprint density at radius 1 is 0.893 bits per heavy atom. The van der Waals surface area contributed by atoms with Gasteiger partial charge < -0.3 is 9.80 Å². The first-order chi connectivity index (χ1) is 13.7. The standard InChI is InChI=1S/C24H21BrN2O/c25-20-16-27(24(28)18-11-5-2-6-12-18)23-22(20)19-13-7-8-14-21(19)26(23)15-17-9-3-1-4-10-17/h1-14,20,22-23H,15-16H2. The molecule has 3 unspecified atom stereocenters. The van der Waals surface area contributed by atoms with Crippen molar-refractivity contribution in [2.45, 2.75) is 23.5 Å². The zero-order valence-electron chi connectivity index (χ0n) is 15.4. The first-order valence-electron chi connectivity index (χ1n) is 9.63. The molecule has 3 nitrogen and oxygen atoms in total. The van der Waals surface area contributed by atoms with E-state index in [0.29, 0.717) is 6.54 Å². The Bertz CT molecular complexity index is 992. The molecule has 0 saturated carbocycles. The molecule has 0 N–H and O–H groups in total. The number of anilines is 1. The lowest BCUT2D eigenvalue weighted by atomic mass is 9.98. The molecule has 2 aliphatic rings. The van der Waals surface area contributed by atoms with Crippen molar-refractivity contribution in [1.29, 1.82) is 0 Å². The zero-order valence-corrected chi connectivity index (χ0v) is 17.0. The molecule has 1 fully saturated rings. The van der Waals surface area contributed by atoms with Crippen molar-refractivity contribution in [3.63, 3.8) is 0 Å². The Balaban J connectivity index is 1.56. The minimum absolute atomic E-state index is 0.0229. The molecule has 0 radical (unpaired) electrons. The second-order valence-corrected chi connectivity index (χ2v) is 8.63. The van der Waals surface area contributed by atoms with E-state index < -0.39 is 0 Å². The average Bonchev–Trinajstić information content (AvgIpc) is 3.25. The maximum absolute atomic E-state index is 13.4. The van der Waals surface area contributed by atoms with Gasteiger partial charge in [-0.25, -0.2) is 0 Å². The molecular weight excluding hydrogens is 412 g/mol. The van der Waals surface area contributed by atoms with E-state index in [0.717, 1.165) is 12.1 Å². The number of halogens is 1. The predicted octanol–water partition coefficient (Wildman–Crippen LogP) is 5.04. The van der Waals surface area contributed by atoms with Crippen molar-refractivity contribution < 1.29 is 4.79 Å². The summed E-state index contributed by atoms with van der Waals surface area (Å²) in [6, 6.07) is 28.7. The lowest BCUT2D eigenvalue weighted by molar-refractivity contribution is 0.0731. The molecule has 2 aliphatic heterocycles. The second kappa shape index (κ2) is 7.10. The maximum Gasteiger partial charge on any atom is 0.255 e. The number of rotatable bonds is 3. The summed E-state index contributed by atoms with van der Waals surface area (Å²) < 4.78 is 0. The Labute approximate surface area is 173 Å². The summed E-state index contributed by atoms with van der Waals surface area (Å²) in [4.78, 5) is 18.0. The van der Waals surface area contributed by atoms with Crippen LogP contribution in [-0.4, -0.2) is 28.3 Å². The van der Waals surface area contributed by atoms with Crippen LogP contribution in [0.1, 0.15) is 27.4 Å². The summed E-state index contributed by atoms with van der Waals surface area (Å²) in [5, 5.41) is 0. The fourth-order valence-corrected chi connectivity index (χ4v) is 5.46. The van der Waals surface area contributed by atoms with Crippen LogP contribution in [0.3, 0.4) is 0 Å². The molecule has 0 spiro atoms. The van der Waals surface area contributed by atoms with E-state index >= 15 is 0 Å². The molecule has 0 aromatic heterocycles. The fraction of sp³-hybridized carbons (Fsp3) is 0.208. The number of amides is 1. The predicted molar refractivity (Wildman–Crippen MR) is 116 cm³/mol. The van der Waals surface area contributed by atoms with Crippen LogP contribution in [0.15, 0.2) is 84.9 Å². The molecule has 4 heteroatoms. The van der Waals surface area contributed by atoms with Crippen molar-refractivity contribution >= 4 is 27.5 Å². The van der Waals surface area contributed by atoms with Crippen molar-refractivity contribution in [3.05, 3.63) is 102 Å². The van der Waals surface area contributed by atoms with Crippen LogP contribution in [0, 0.1) is 0 Å². The summed E-state index contributed by atoms with van der Waals surface area (Å²) in [5.41, 5.74) is 4.56. The van der Waals surface area contributed by atoms with Gasteiger partial charge in [0.15, 0.2) is 0 Å². The van der Waals surface area contributed by atoms with E-state index in [2.05, 4.69) is 69.4 Å². The summed E-state index contributed by atoms with van der Waals surface area (Å²) in [5.74, 6) is 0.371. The zero-order chi connectivity index (χ0) is 19.1. The normalized spacial score (nSPS) is 22.8. The Morgan fingerprint density at radius 3 is 2.29 bits per heavy atom. The van der Waals surface area contributed by atoms with Gasteiger partial charge in [-0.05, 0) is 29.3 Å². The monoisotopic (exact) mass is 432 g/mol. The van der Waals surface area contributed by atoms with Gasteiger partial charge in [-0.1, -0.05) is 82.7 Å². The highest BCUT2D eigenvalue weighted by atomic mass is 79.9. The van der Waals surface area contributed by atoms with E-state index in [4.69, 9.17) is 0 Å². The molecule has 140 valence electrons. The van der Waals surface area contributed by atoms with Crippen LogP contribution in [0.25, 0.3) is 0 Å². The summed E-state index contributed by atoms with van der Waals surface area (Å²) in [6.07, 6.45) is 0.0229. The van der Waals surface area contributed by atoms with E-state index in [9.17, 15) is 4.79 Å². The molecule has 28 heavy (non-hydrogen) atoms. The number of nitrogens with zero attached hydrogens (tertiary/aromatic N) is 2. The van der Waals surface area contributed by atoms with Crippen LogP contribution < -0.4 is 4.90 Å². The summed E-state index contributed by atoms with van der Waals surface area (Å²) >= 11 is 3.89. The fourth-order valence-electron chi connectivity index (χ4n) is 4.59. The molecular formula is C24H21BrN2O. The number of hydrogen-bond acceptors (Lipinski definition) is 2. The average molecular weight is 433 g/mol. The molecule has 5 rings (SSSR count). The number of carbonyl (C=O) groups excluding carboxylic acids is 1. The molecule has 0 aliphatic carbocycles. The van der Waals surface area contributed by atoms with E-state index in [1.54, 1.807) is 0 Å². The third kappa shape index (κ3) is 2.83. The summed E-state index contributed by atoms with van der Waals surface area (Å²) in [7, 11) is 0. The van der Waals surface area contributed by atoms with E-state index in [-0.39, 0.29) is 22.8 Å². The quantitative estimate of drug-likeness (QED) is 0.541. The minimum Gasteiger partial charge on any atom is -0.346 e. The van der Waals surface area contributed by atoms with Crippen molar-refractivity contribution in [2.75, 3.05) is 11.4 Å². The number of carbonyl (C=O) groups is 1. The number of para-hydroxylation sites is 1. The van der Waals surface area contributed by atoms with Gasteiger partial charge in [0, 0.05) is 35.1 Å². The maximum atomic E-state index is 13.4. The molecule has 3 aromatic carbocycles. The van der Waals surface area contributed by atoms with Crippen molar-refractivity contribution in [1.82, 2.24) is 4.90 Å². The van der Waals surface area contributed by atoms with Gasteiger partial charge in [-0.3, -0.25) is 4.79 Å². The van der Waals surface area contributed by atoms with E-state index in [1.807, 2.05) is 41.3 Å². The molecule has 0 bridgehead atoms. The first kappa shape index (κ1) is 17.5. The van der Waals surface area contributed by atoms with Gasteiger partial charge in [-0.2, -0.15) is 0 Å². The Kier molecular flexibility index (Phi) is 4.44. The second-order valence-electron chi connectivity index (χ2n) is 7.45. The van der Waals surface area contributed by atoms with Gasteiger partial charge in [0.1, 0.15) is 6.17 Å². The highest BCUT2D eigenvalue weighted by Crippen LogP contribution is 2.50. The van der Waals surface area contributed by atoms with Gasteiger partial charge in [0.05, 0.1) is 0 Å². The third-order valence-electron chi connectivity index (χ3n) is 5.80. The van der Waals surface area contributed by atoms with Crippen LogP contribution in [-0.2, 0) is 6.54 Å². The van der Waals surface area contributed by atoms with Crippen molar-refractivity contribution in [3.8, 4) is 0 Å². The number of likely N-dealkylation sites (tertiary alicyclic amines) is 1.